The highest BCUT2D eigenvalue weighted by atomic mass is 19.3. The highest BCUT2D eigenvalue weighted by molar-refractivity contribution is 5.24. The van der Waals surface area contributed by atoms with Gasteiger partial charge in [-0.25, -0.2) is 8.78 Å². The van der Waals surface area contributed by atoms with Crippen LogP contribution < -0.4 is 5.32 Å². The Hall–Kier alpha value is -1.81. The van der Waals surface area contributed by atoms with E-state index in [2.05, 4.69) is 23.3 Å². The first kappa shape index (κ1) is 14.6. The molecule has 4 heteroatoms. The van der Waals surface area contributed by atoms with Gasteiger partial charge in [0.15, 0.2) is 0 Å². The number of pyridine rings is 1. The number of hydrogen-bond acceptors (Lipinski definition) is 2. The molecule has 0 saturated heterocycles. The normalized spacial score (nSPS) is 11.0. The summed E-state index contributed by atoms with van der Waals surface area (Å²) in [6, 6.07) is 10.5. The van der Waals surface area contributed by atoms with Crippen LogP contribution in [0.5, 0.6) is 0 Å². The number of nitrogens with zero attached hydrogens (tertiary/aromatic N) is 1. The fourth-order valence-electron chi connectivity index (χ4n) is 2.12. The van der Waals surface area contributed by atoms with E-state index in [1.807, 2.05) is 12.1 Å². The average Bonchev–Trinajstić information content (AvgIpc) is 2.48. The molecule has 106 valence electrons. The van der Waals surface area contributed by atoms with E-state index >= 15 is 0 Å². The first-order valence-electron chi connectivity index (χ1n) is 6.71. The van der Waals surface area contributed by atoms with E-state index in [0.29, 0.717) is 13.1 Å². The number of hydrogen-bond donors (Lipinski definition) is 1. The van der Waals surface area contributed by atoms with Gasteiger partial charge in [-0.15, -0.1) is 0 Å². The van der Waals surface area contributed by atoms with Gasteiger partial charge in [-0.2, -0.15) is 0 Å². The lowest BCUT2D eigenvalue weighted by molar-refractivity contribution is 0.151. The third-order valence-corrected chi connectivity index (χ3v) is 3.19. The first-order chi connectivity index (χ1) is 9.70. The second-order valence-corrected chi connectivity index (χ2v) is 4.61. The van der Waals surface area contributed by atoms with Gasteiger partial charge >= 0.3 is 0 Å². The van der Waals surface area contributed by atoms with Crippen LogP contribution in [0.2, 0.25) is 0 Å². The molecule has 0 bridgehead atoms. The maximum absolute atomic E-state index is 12.6. The van der Waals surface area contributed by atoms with E-state index in [9.17, 15) is 8.78 Å². The van der Waals surface area contributed by atoms with Crippen molar-refractivity contribution < 1.29 is 8.78 Å². The molecule has 0 aliphatic rings. The maximum atomic E-state index is 12.6. The molecule has 1 heterocycles. The summed E-state index contributed by atoms with van der Waals surface area (Å²) >= 11 is 0. The first-order valence-corrected chi connectivity index (χ1v) is 6.71. The van der Waals surface area contributed by atoms with E-state index in [1.165, 1.54) is 17.7 Å². The van der Waals surface area contributed by atoms with Gasteiger partial charge in [-0.05, 0) is 29.7 Å². The monoisotopic (exact) mass is 276 g/mol. The number of nitrogens with one attached hydrogen (secondary N) is 1. The van der Waals surface area contributed by atoms with Crippen LogP contribution >= 0.6 is 0 Å². The van der Waals surface area contributed by atoms with Crippen LogP contribution in [0.25, 0.3) is 0 Å². The van der Waals surface area contributed by atoms with E-state index in [1.54, 1.807) is 12.3 Å². The summed E-state index contributed by atoms with van der Waals surface area (Å²) in [5.74, 6) is 0. The number of benzene rings is 1. The third-order valence-electron chi connectivity index (χ3n) is 3.19. The lowest BCUT2D eigenvalue weighted by Crippen LogP contribution is -2.15. The lowest BCUT2D eigenvalue weighted by Gasteiger charge is -2.09. The summed E-state index contributed by atoms with van der Waals surface area (Å²) in [6.45, 7) is 3.29. The second kappa shape index (κ2) is 7.10. The van der Waals surface area contributed by atoms with Crippen LogP contribution in [0.1, 0.15) is 35.7 Å². The Balaban J connectivity index is 1.94. The molecule has 1 aromatic heterocycles. The molecule has 0 radical (unpaired) electrons. The van der Waals surface area contributed by atoms with E-state index in [0.717, 1.165) is 17.7 Å². The molecular formula is C16H18F2N2. The fourth-order valence-corrected chi connectivity index (χ4v) is 2.12. The minimum atomic E-state index is -2.42. The molecule has 2 nitrogen and oxygen atoms in total. The standard InChI is InChI=1S/C16H18F2N2/c1-2-13-7-4-8-20-15(13)11-19-10-12-5-3-6-14(9-12)16(17)18/h3-9,16,19H,2,10-11H2,1H3. The summed E-state index contributed by atoms with van der Waals surface area (Å²) in [4.78, 5) is 4.34. The minimum absolute atomic E-state index is 0.0661. The van der Waals surface area contributed by atoms with Gasteiger partial charge in [0.1, 0.15) is 0 Å². The molecule has 0 aliphatic heterocycles. The van der Waals surface area contributed by atoms with Crippen molar-refractivity contribution in [2.24, 2.45) is 0 Å². The third kappa shape index (κ3) is 3.84. The Morgan fingerprint density at radius 3 is 2.75 bits per heavy atom. The minimum Gasteiger partial charge on any atom is -0.307 e. The lowest BCUT2D eigenvalue weighted by atomic mass is 10.1. The van der Waals surface area contributed by atoms with Gasteiger partial charge in [-0.3, -0.25) is 4.98 Å². The van der Waals surface area contributed by atoms with E-state index < -0.39 is 6.43 Å². The highest BCUT2D eigenvalue weighted by Crippen LogP contribution is 2.19. The van der Waals surface area contributed by atoms with Crippen LogP contribution in [-0.4, -0.2) is 4.98 Å². The van der Waals surface area contributed by atoms with E-state index in [4.69, 9.17) is 0 Å². The molecule has 0 amide bonds. The number of aromatic nitrogens is 1. The molecule has 20 heavy (non-hydrogen) atoms. The molecule has 0 fully saturated rings. The molecule has 2 aromatic rings. The molecule has 1 aromatic carbocycles. The highest BCUT2D eigenvalue weighted by Gasteiger charge is 2.07. The average molecular weight is 276 g/mol. The van der Waals surface area contributed by atoms with Crippen molar-refractivity contribution in [3.63, 3.8) is 0 Å². The SMILES string of the molecule is CCc1cccnc1CNCc1cccc(C(F)F)c1. The Bertz CT molecular complexity index is 556. The van der Waals surface area contributed by atoms with Crippen LogP contribution in [0.4, 0.5) is 8.78 Å². The summed E-state index contributed by atoms with van der Waals surface area (Å²) in [7, 11) is 0. The van der Waals surface area contributed by atoms with E-state index in [-0.39, 0.29) is 5.56 Å². The number of halogens is 2. The Morgan fingerprint density at radius 1 is 1.15 bits per heavy atom. The fraction of sp³-hybridized carbons (Fsp3) is 0.312. The zero-order valence-electron chi connectivity index (χ0n) is 11.4. The number of alkyl halides is 2. The Morgan fingerprint density at radius 2 is 2.00 bits per heavy atom. The number of rotatable bonds is 6. The molecule has 0 atom stereocenters. The molecule has 0 aliphatic carbocycles. The van der Waals surface area contributed by atoms with Gasteiger partial charge in [0.25, 0.3) is 6.43 Å². The van der Waals surface area contributed by atoms with Crippen molar-refractivity contribution in [3.8, 4) is 0 Å². The van der Waals surface area contributed by atoms with Crippen LogP contribution in [0.15, 0.2) is 42.6 Å². The van der Waals surface area contributed by atoms with Crippen molar-refractivity contribution in [2.45, 2.75) is 32.9 Å². The quantitative estimate of drug-likeness (QED) is 0.866. The van der Waals surface area contributed by atoms with Gasteiger partial charge in [0.05, 0.1) is 5.69 Å². The van der Waals surface area contributed by atoms with Crippen molar-refractivity contribution in [3.05, 3.63) is 65.0 Å². The zero-order valence-corrected chi connectivity index (χ0v) is 11.4. The Kier molecular flexibility index (Phi) is 5.18. The number of aryl methyl sites for hydroxylation is 1. The summed E-state index contributed by atoms with van der Waals surface area (Å²) in [5.41, 5.74) is 3.15. The van der Waals surface area contributed by atoms with Gasteiger partial charge < -0.3 is 5.32 Å². The van der Waals surface area contributed by atoms with Crippen molar-refractivity contribution >= 4 is 0 Å². The zero-order chi connectivity index (χ0) is 14.4. The summed E-state index contributed by atoms with van der Waals surface area (Å²) < 4.78 is 25.2. The molecule has 0 unspecified atom stereocenters. The molecule has 0 saturated carbocycles. The van der Waals surface area contributed by atoms with Gasteiger partial charge in [0.2, 0.25) is 0 Å². The largest absolute Gasteiger partial charge is 0.307 e. The predicted molar refractivity (Wildman–Crippen MR) is 75.6 cm³/mol. The van der Waals surface area contributed by atoms with Crippen molar-refractivity contribution in [1.82, 2.24) is 10.3 Å². The maximum Gasteiger partial charge on any atom is 0.263 e. The predicted octanol–water partition coefficient (Wildman–Crippen LogP) is 3.87. The van der Waals surface area contributed by atoms with Crippen LogP contribution in [0.3, 0.4) is 0 Å². The molecule has 1 N–H and O–H groups in total. The Labute approximate surface area is 117 Å². The van der Waals surface area contributed by atoms with Crippen molar-refractivity contribution in [1.29, 1.82) is 0 Å². The van der Waals surface area contributed by atoms with Crippen molar-refractivity contribution in [2.75, 3.05) is 0 Å². The molecule has 0 spiro atoms. The van der Waals surface area contributed by atoms with Gasteiger partial charge in [-0.1, -0.05) is 31.2 Å². The van der Waals surface area contributed by atoms with Crippen LogP contribution in [0, 0.1) is 0 Å². The van der Waals surface area contributed by atoms with Crippen LogP contribution in [-0.2, 0) is 19.5 Å². The molecule has 2 rings (SSSR count). The molecular weight excluding hydrogens is 258 g/mol. The van der Waals surface area contributed by atoms with Gasteiger partial charge in [0, 0.05) is 24.8 Å². The summed E-state index contributed by atoms with van der Waals surface area (Å²) in [6.07, 6.45) is 0.289. The second-order valence-electron chi connectivity index (χ2n) is 4.61. The smallest absolute Gasteiger partial charge is 0.263 e. The summed E-state index contributed by atoms with van der Waals surface area (Å²) in [5, 5.41) is 3.25. The topological polar surface area (TPSA) is 24.9 Å².